The lowest BCUT2D eigenvalue weighted by atomic mass is 10.0. The van der Waals surface area contributed by atoms with Gasteiger partial charge in [0, 0.05) is 29.7 Å². The Kier molecular flexibility index (Phi) is 2.95. The molecule has 3 rings (SSSR count). The minimum absolute atomic E-state index is 0.755. The van der Waals surface area contributed by atoms with Crippen LogP contribution in [0.4, 0.5) is 0 Å². The largest absolute Gasteiger partial charge is 0.305 e. The van der Waals surface area contributed by atoms with E-state index in [1.165, 1.54) is 36.6 Å². The fourth-order valence-electron chi connectivity index (χ4n) is 2.57. The lowest BCUT2D eigenvalue weighted by molar-refractivity contribution is 0.306. The molecule has 0 bridgehead atoms. The van der Waals surface area contributed by atoms with Gasteiger partial charge in [-0.15, -0.1) is 11.8 Å². The second-order valence-electron chi connectivity index (χ2n) is 5.21. The molecule has 0 spiro atoms. The van der Waals surface area contributed by atoms with E-state index in [0.29, 0.717) is 0 Å². The van der Waals surface area contributed by atoms with Crippen LogP contribution < -0.4 is 0 Å². The summed E-state index contributed by atoms with van der Waals surface area (Å²) in [6, 6.07) is 8.91. The Hall–Kier alpha value is -0.470. The molecule has 16 heavy (non-hydrogen) atoms. The van der Waals surface area contributed by atoms with Crippen molar-refractivity contribution in [1.82, 2.24) is 4.90 Å². The minimum Gasteiger partial charge on any atom is -0.305 e. The second kappa shape index (κ2) is 4.42. The molecule has 1 saturated carbocycles. The Bertz CT molecular complexity index is 373. The fraction of sp³-hybridized carbons (Fsp3) is 0.571. The van der Waals surface area contributed by atoms with Crippen LogP contribution in [0.25, 0.3) is 0 Å². The van der Waals surface area contributed by atoms with Crippen molar-refractivity contribution < 1.29 is 0 Å². The molecule has 2 aliphatic rings. The normalized spacial score (nSPS) is 23.8. The van der Waals surface area contributed by atoms with Gasteiger partial charge in [-0.05, 0) is 37.4 Å². The predicted octanol–water partition coefficient (Wildman–Crippen LogP) is 3.22. The molecular weight excluding hydrogens is 214 g/mol. The third-order valence-corrected chi connectivity index (χ3v) is 4.85. The Morgan fingerprint density at radius 3 is 2.88 bits per heavy atom. The maximum Gasteiger partial charge on any atom is 0.0108 e. The third kappa shape index (κ3) is 2.28. The van der Waals surface area contributed by atoms with Crippen LogP contribution in [0.2, 0.25) is 0 Å². The average molecular weight is 233 g/mol. The SMILES string of the molecule is CN(CC1CC1)CC1CSc2ccccc21. The number of benzene rings is 1. The Labute approximate surface area is 102 Å². The van der Waals surface area contributed by atoms with Crippen LogP contribution in [0, 0.1) is 5.92 Å². The molecule has 1 unspecified atom stereocenters. The first-order valence-corrected chi connectivity index (χ1v) is 7.22. The number of thioether (sulfide) groups is 1. The highest BCUT2D eigenvalue weighted by Crippen LogP contribution is 2.40. The molecular formula is C14H19NS. The molecule has 1 nitrogen and oxygen atoms in total. The van der Waals surface area contributed by atoms with Crippen LogP contribution >= 0.6 is 11.8 Å². The Morgan fingerprint density at radius 1 is 1.25 bits per heavy atom. The van der Waals surface area contributed by atoms with Crippen LogP contribution in [0.5, 0.6) is 0 Å². The van der Waals surface area contributed by atoms with E-state index in [-0.39, 0.29) is 0 Å². The molecule has 0 N–H and O–H groups in total. The molecule has 1 aliphatic carbocycles. The Morgan fingerprint density at radius 2 is 2.06 bits per heavy atom. The molecule has 0 amide bonds. The molecule has 1 aromatic carbocycles. The predicted molar refractivity (Wildman–Crippen MR) is 70.1 cm³/mol. The van der Waals surface area contributed by atoms with Crippen molar-refractivity contribution >= 4 is 11.8 Å². The van der Waals surface area contributed by atoms with Crippen molar-refractivity contribution in [1.29, 1.82) is 0 Å². The monoisotopic (exact) mass is 233 g/mol. The van der Waals surface area contributed by atoms with Gasteiger partial charge in [0.15, 0.2) is 0 Å². The highest BCUT2D eigenvalue weighted by atomic mass is 32.2. The van der Waals surface area contributed by atoms with E-state index in [0.717, 1.165) is 11.8 Å². The van der Waals surface area contributed by atoms with Gasteiger partial charge in [-0.3, -0.25) is 0 Å². The van der Waals surface area contributed by atoms with Gasteiger partial charge >= 0.3 is 0 Å². The van der Waals surface area contributed by atoms with Gasteiger partial charge in [0.2, 0.25) is 0 Å². The molecule has 0 radical (unpaired) electrons. The smallest absolute Gasteiger partial charge is 0.0108 e. The van der Waals surface area contributed by atoms with Crippen LogP contribution in [-0.4, -0.2) is 30.8 Å². The van der Waals surface area contributed by atoms with Crippen LogP contribution in [0.15, 0.2) is 29.2 Å². The fourth-order valence-corrected chi connectivity index (χ4v) is 3.81. The van der Waals surface area contributed by atoms with E-state index >= 15 is 0 Å². The minimum atomic E-state index is 0.755. The van der Waals surface area contributed by atoms with Gasteiger partial charge in [-0.25, -0.2) is 0 Å². The molecule has 86 valence electrons. The summed E-state index contributed by atoms with van der Waals surface area (Å²) >= 11 is 2.03. The number of nitrogens with zero attached hydrogens (tertiary/aromatic N) is 1. The summed E-state index contributed by atoms with van der Waals surface area (Å²) in [5.74, 6) is 3.04. The van der Waals surface area contributed by atoms with E-state index in [9.17, 15) is 0 Å². The molecule has 1 aromatic rings. The van der Waals surface area contributed by atoms with Crippen molar-refractivity contribution in [3.63, 3.8) is 0 Å². The first-order chi connectivity index (χ1) is 7.83. The molecule has 2 heteroatoms. The summed E-state index contributed by atoms with van der Waals surface area (Å²) in [6.45, 7) is 2.55. The maximum atomic E-state index is 2.53. The van der Waals surface area contributed by atoms with Gasteiger partial charge in [0.05, 0.1) is 0 Å². The highest BCUT2D eigenvalue weighted by Gasteiger charge is 2.27. The number of hydrogen-bond donors (Lipinski definition) is 0. The zero-order chi connectivity index (χ0) is 11.0. The third-order valence-electron chi connectivity index (χ3n) is 3.60. The van der Waals surface area contributed by atoms with Gasteiger partial charge in [0.1, 0.15) is 0 Å². The van der Waals surface area contributed by atoms with E-state index in [4.69, 9.17) is 0 Å². The molecule has 0 saturated heterocycles. The molecule has 1 fully saturated rings. The zero-order valence-electron chi connectivity index (χ0n) is 9.86. The van der Waals surface area contributed by atoms with Crippen molar-refractivity contribution in [2.24, 2.45) is 5.92 Å². The molecule has 0 aromatic heterocycles. The quantitative estimate of drug-likeness (QED) is 0.785. The van der Waals surface area contributed by atoms with E-state index in [1.54, 1.807) is 5.56 Å². The van der Waals surface area contributed by atoms with Gasteiger partial charge < -0.3 is 4.90 Å². The van der Waals surface area contributed by atoms with Crippen molar-refractivity contribution in [3.8, 4) is 0 Å². The standard InChI is InChI=1S/C14H19NS/c1-15(8-11-6-7-11)9-12-10-16-14-5-3-2-4-13(12)14/h2-5,11-12H,6-10H2,1H3. The van der Waals surface area contributed by atoms with E-state index < -0.39 is 0 Å². The van der Waals surface area contributed by atoms with Crippen molar-refractivity contribution in [2.75, 3.05) is 25.9 Å². The number of hydrogen-bond acceptors (Lipinski definition) is 2. The maximum absolute atomic E-state index is 2.53. The molecule has 1 atom stereocenters. The first-order valence-electron chi connectivity index (χ1n) is 6.23. The van der Waals surface area contributed by atoms with Crippen LogP contribution in [0.3, 0.4) is 0 Å². The van der Waals surface area contributed by atoms with Crippen molar-refractivity contribution in [2.45, 2.75) is 23.7 Å². The second-order valence-corrected chi connectivity index (χ2v) is 6.27. The topological polar surface area (TPSA) is 3.24 Å². The summed E-state index contributed by atoms with van der Waals surface area (Å²) in [7, 11) is 2.28. The Balaban J connectivity index is 1.63. The number of fused-ring (bicyclic) bond motifs is 1. The van der Waals surface area contributed by atoms with E-state index in [2.05, 4.69) is 36.2 Å². The lowest BCUT2D eigenvalue weighted by Gasteiger charge is -2.20. The van der Waals surface area contributed by atoms with Crippen molar-refractivity contribution in [3.05, 3.63) is 29.8 Å². The molecule has 1 aliphatic heterocycles. The summed E-state index contributed by atoms with van der Waals surface area (Å²) in [5, 5.41) is 0. The van der Waals surface area contributed by atoms with Gasteiger partial charge in [-0.2, -0.15) is 0 Å². The van der Waals surface area contributed by atoms with E-state index in [1.807, 2.05) is 11.8 Å². The summed E-state index contributed by atoms with van der Waals surface area (Å²) in [6.07, 6.45) is 2.92. The number of rotatable bonds is 4. The van der Waals surface area contributed by atoms with Gasteiger partial charge in [0.25, 0.3) is 0 Å². The average Bonchev–Trinajstić information content (AvgIpc) is 3.00. The summed E-state index contributed by atoms with van der Waals surface area (Å²) in [5.41, 5.74) is 1.58. The summed E-state index contributed by atoms with van der Waals surface area (Å²) in [4.78, 5) is 4.04. The number of likely N-dealkylation sites (N-methyl/N-ethyl adjacent to an activating group) is 1. The van der Waals surface area contributed by atoms with Crippen LogP contribution in [0.1, 0.15) is 24.3 Å². The summed E-state index contributed by atoms with van der Waals surface area (Å²) < 4.78 is 0. The van der Waals surface area contributed by atoms with Crippen LogP contribution in [-0.2, 0) is 0 Å². The zero-order valence-corrected chi connectivity index (χ0v) is 10.7. The molecule has 1 heterocycles. The lowest BCUT2D eigenvalue weighted by Crippen LogP contribution is -2.26. The first kappa shape index (κ1) is 10.7. The highest BCUT2D eigenvalue weighted by molar-refractivity contribution is 7.99. The van der Waals surface area contributed by atoms with Gasteiger partial charge in [-0.1, -0.05) is 18.2 Å².